The lowest BCUT2D eigenvalue weighted by molar-refractivity contribution is -0.137. The van der Waals surface area contributed by atoms with Crippen molar-refractivity contribution in [2.45, 2.75) is 12.3 Å². The maximum atomic E-state index is 12.6. The molecule has 2 aromatic rings. The second kappa shape index (κ2) is 4.93. The molecule has 0 aliphatic rings. The molecular weight excluding hydrogens is 255 g/mol. The number of alkyl halides is 3. The first-order valence-corrected chi connectivity index (χ1v) is 5.58. The van der Waals surface area contributed by atoms with Crippen molar-refractivity contribution in [3.63, 3.8) is 0 Å². The third-order valence-electron chi connectivity index (χ3n) is 2.78. The van der Waals surface area contributed by atoms with Gasteiger partial charge in [-0.3, -0.25) is 0 Å². The second-order valence-electron chi connectivity index (χ2n) is 4.19. The van der Waals surface area contributed by atoms with Gasteiger partial charge < -0.3 is 10.8 Å². The third kappa shape index (κ3) is 3.06. The summed E-state index contributed by atoms with van der Waals surface area (Å²) in [6.45, 7) is 0. The zero-order valence-corrected chi connectivity index (χ0v) is 9.85. The number of aliphatic hydroxyl groups is 1. The zero-order chi connectivity index (χ0) is 14.0. The fraction of sp³-hybridized carbons (Fsp3) is 0.143. The van der Waals surface area contributed by atoms with Crippen molar-refractivity contribution in [3.05, 3.63) is 65.2 Å². The van der Waals surface area contributed by atoms with E-state index in [4.69, 9.17) is 5.73 Å². The Morgan fingerprint density at radius 1 is 0.947 bits per heavy atom. The molecule has 0 aromatic heterocycles. The number of rotatable bonds is 2. The average Bonchev–Trinajstić information content (AvgIpc) is 2.38. The van der Waals surface area contributed by atoms with Crippen LogP contribution in [0.1, 0.15) is 22.8 Å². The van der Waals surface area contributed by atoms with Crippen molar-refractivity contribution < 1.29 is 18.3 Å². The van der Waals surface area contributed by atoms with E-state index in [1.165, 1.54) is 12.1 Å². The van der Waals surface area contributed by atoms with Crippen LogP contribution < -0.4 is 5.73 Å². The lowest BCUT2D eigenvalue weighted by atomic mass is 9.99. The van der Waals surface area contributed by atoms with Gasteiger partial charge in [-0.1, -0.05) is 24.3 Å². The molecule has 2 rings (SSSR count). The molecule has 0 aliphatic heterocycles. The van der Waals surface area contributed by atoms with Crippen molar-refractivity contribution in [1.82, 2.24) is 0 Å². The van der Waals surface area contributed by atoms with Crippen LogP contribution in [-0.2, 0) is 6.18 Å². The van der Waals surface area contributed by atoms with Crippen LogP contribution >= 0.6 is 0 Å². The van der Waals surface area contributed by atoms with E-state index in [-0.39, 0.29) is 5.56 Å². The Kier molecular flexibility index (Phi) is 3.48. The first kappa shape index (κ1) is 13.4. The van der Waals surface area contributed by atoms with Crippen molar-refractivity contribution >= 4 is 5.69 Å². The maximum absolute atomic E-state index is 12.6. The summed E-state index contributed by atoms with van der Waals surface area (Å²) in [6, 6.07) is 11.0. The predicted octanol–water partition coefficient (Wildman–Crippen LogP) is 3.37. The number of anilines is 1. The summed E-state index contributed by atoms with van der Waals surface area (Å²) in [7, 11) is 0. The van der Waals surface area contributed by atoms with E-state index in [1.54, 1.807) is 24.3 Å². The molecule has 0 fully saturated rings. The molecular formula is C14H12F3NO. The summed E-state index contributed by atoms with van der Waals surface area (Å²) in [4.78, 5) is 0. The van der Waals surface area contributed by atoms with Gasteiger partial charge in [0.1, 0.15) is 6.10 Å². The Hall–Kier alpha value is -2.01. The number of halogens is 3. The van der Waals surface area contributed by atoms with Crippen LogP contribution in [0.15, 0.2) is 48.5 Å². The van der Waals surface area contributed by atoms with E-state index in [0.29, 0.717) is 11.3 Å². The molecule has 3 N–H and O–H groups in total. The van der Waals surface area contributed by atoms with Gasteiger partial charge in [-0.05, 0) is 35.4 Å². The Bertz CT molecular complexity index is 564. The van der Waals surface area contributed by atoms with Gasteiger partial charge in [-0.15, -0.1) is 0 Å². The lowest BCUT2D eigenvalue weighted by Gasteiger charge is -2.14. The van der Waals surface area contributed by atoms with E-state index >= 15 is 0 Å². The molecule has 0 aliphatic carbocycles. The molecule has 0 saturated heterocycles. The van der Waals surface area contributed by atoms with Gasteiger partial charge in [0.15, 0.2) is 0 Å². The molecule has 5 heteroatoms. The van der Waals surface area contributed by atoms with Crippen molar-refractivity contribution in [2.75, 3.05) is 5.73 Å². The fourth-order valence-corrected chi connectivity index (χ4v) is 1.76. The summed E-state index contributed by atoms with van der Waals surface area (Å²) in [5.74, 6) is 0. The Labute approximate surface area is 108 Å². The highest BCUT2D eigenvalue weighted by atomic mass is 19.4. The Morgan fingerprint density at radius 2 is 1.58 bits per heavy atom. The van der Waals surface area contributed by atoms with Gasteiger partial charge in [-0.2, -0.15) is 13.2 Å². The number of hydrogen-bond acceptors (Lipinski definition) is 2. The first-order valence-electron chi connectivity index (χ1n) is 5.58. The minimum Gasteiger partial charge on any atom is -0.399 e. The molecule has 0 spiro atoms. The monoisotopic (exact) mass is 267 g/mol. The second-order valence-corrected chi connectivity index (χ2v) is 4.19. The molecule has 0 saturated carbocycles. The number of nitrogen functional groups attached to an aromatic ring is 1. The van der Waals surface area contributed by atoms with Crippen LogP contribution in [0.25, 0.3) is 0 Å². The van der Waals surface area contributed by atoms with Gasteiger partial charge >= 0.3 is 6.18 Å². The minimum atomic E-state index is -4.42. The topological polar surface area (TPSA) is 46.2 Å². The first-order chi connectivity index (χ1) is 8.88. The van der Waals surface area contributed by atoms with Crippen molar-refractivity contribution in [1.29, 1.82) is 0 Å². The standard InChI is InChI=1S/C14H12F3NO/c15-14(16,17)11-3-1-2-10(8-11)13(19)9-4-6-12(18)7-5-9/h1-8,13,19H,18H2. The number of benzene rings is 2. The summed E-state index contributed by atoms with van der Waals surface area (Å²) in [6.07, 6.45) is -5.53. The molecule has 2 aromatic carbocycles. The Morgan fingerprint density at radius 3 is 2.16 bits per heavy atom. The largest absolute Gasteiger partial charge is 0.416 e. The van der Waals surface area contributed by atoms with Crippen molar-refractivity contribution in [3.8, 4) is 0 Å². The summed E-state index contributed by atoms with van der Waals surface area (Å²) in [5, 5.41) is 10.1. The van der Waals surface area contributed by atoms with Crippen molar-refractivity contribution in [2.24, 2.45) is 0 Å². The van der Waals surface area contributed by atoms with E-state index < -0.39 is 17.8 Å². The number of hydrogen-bond donors (Lipinski definition) is 2. The van der Waals surface area contributed by atoms with Crippen LogP contribution in [0, 0.1) is 0 Å². The molecule has 1 atom stereocenters. The summed E-state index contributed by atoms with van der Waals surface area (Å²) >= 11 is 0. The predicted molar refractivity (Wildman–Crippen MR) is 66.4 cm³/mol. The van der Waals surface area contributed by atoms with Gasteiger partial charge in [-0.25, -0.2) is 0 Å². The lowest BCUT2D eigenvalue weighted by Crippen LogP contribution is -2.07. The molecule has 0 radical (unpaired) electrons. The fourth-order valence-electron chi connectivity index (χ4n) is 1.76. The summed E-state index contributed by atoms with van der Waals surface area (Å²) in [5.41, 5.74) is 5.95. The van der Waals surface area contributed by atoms with Crippen LogP contribution in [-0.4, -0.2) is 5.11 Å². The highest BCUT2D eigenvalue weighted by Crippen LogP contribution is 2.32. The van der Waals surface area contributed by atoms with Gasteiger partial charge in [0.2, 0.25) is 0 Å². The SMILES string of the molecule is Nc1ccc(C(O)c2cccc(C(F)(F)F)c2)cc1. The van der Waals surface area contributed by atoms with E-state index in [1.807, 2.05) is 0 Å². The number of aliphatic hydroxyl groups excluding tert-OH is 1. The molecule has 2 nitrogen and oxygen atoms in total. The highest BCUT2D eigenvalue weighted by Gasteiger charge is 2.30. The molecule has 0 bridgehead atoms. The highest BCUT2D eigenvalue weighted by molar-refractivity contribution is 5.42. The molecule has 0 heterocycles. The minimum absolute atomic E-state index is 0.194. The third-order valence-corrected chi connectivity index (χ3v) is 2.78. The molecule has 100 valence electrons. The van der Waals surface area contributed by atoms with E-state index in [0.717, 1.165) is 12.1 Å². The maximum Gasteiger partial charge on any atom is 0.416 e. The normalized spacial score (nSPS) is 13.3. The smallest absolute Gasteiger partial charge is 0.399 e. The zero-order valence-electron chi connectivity index (χ0n) is 9.85. The van der Waals surface area contributed by atoms with Gasteiger partial charge in [0.05, 0.1) is 5.56 Å². The van der Waals surface area contributed by atoms with Gasteiger partial charge in [0.25, 0.3) is 0 Å². The Balaban J connectivity index is 2.34. The van der Waals surface area contributed by atoms with E-state index in [2.05, 4.69) is 0 Å². The van der Waals surface area contributed by atoms with Crippen LogP contribution in [0.3, 0.4) is 0 Å². The van der Waals surface area contributed by atoms with Crippen LogP contribution in [0.5, 0.6) is 0 Å². The van der Waals surface area contributed by atoms with Gasteiger partial charge in [0, 0.05) is 5.69 Å². The summed E-state index contributed by atoms with van der Waals surface area (Å²) < 4.78 is 37.8. The van der Waals surface area contributed by atoms with E-state index in [9.17, 15) is 18.3 Å². The molecule has 0 amide bonds. The quantitative estimate of drug-likeness (QED) is 0.819. The van der Waals surface area contributed by atoms with Crippen LogP contribution in [0.2, 0.25) is 0 Å². The van der Waals surface area contributed by atoms with Crippen LogP contribution in [0.4, 0.5) is 18.9 Å². The molecule has 1 unspecified atom stereocenters. The molecule has 19 heavy (non-hydrogen) atoms. The number of nitrogens with two attached hydrogens (primary N) is 1. The average molecular weight is 267 g/mol.